The van der Waals surface area contributed by atoms with Crippen LogP contribution < -0.4 is 0 Å². The minimum absolute atomic E-state index is 0.0256. The van der Waals surface area contributed by atoms with Crippen LogP contribution in [0.1, 0.15) is 48.8 Å². The molecule has 0 bridgehead atoms. The van der Waals surface area contributed by atoms with Gasteiger partial charge in [0.25, 0.3) is 0 Å². The van der Waals surface area contributed by atoms with Crippen LogP contribution in [0.3, 0.4) is 0 Å². The van der Waals surface area contributed by atoms with Crippen molar-refractivity contribution in [2.75, 3.05) is 0 Å². The second-order valence-corrected chi connectivity index (χ2v) is 14.7. The van der Waals surface area contributed by atoms with E-state index in [1.54, 1.807) is 0 Å². The molecule has 0 aliphatic heterocycles. The lowest BCUT2D eigenvalue weighted by Crippen LogP contribution is -2.28. The molecule has 0 atom stereocenters. The molecule has 3 nitrogen and oxygen atoms in total. The van der Waals surface area contributed by atoms with Gasteiger partial charge in [0.15, 0.2) is 5.82 Å². The van der Waals surface area contributed by atoms with Crippen molar-refractivity contribution in [2.45, 2.75) is 37.5 Å². The van der Waals surface area contributed by atoms with E-state index in [0.29, 0.717) is 5.82 Å². The van der Waals surface area contributed by atoms with Crippen LogP contribution in [0.25, 0.3) is 78.1 Å². The zero-order valence-electron chi connectivity index (χ0n) is 30.0. The van der Waals surface area contributed by atoms with Crippen molar-refractivity contribution in [3.63, 3.8) is 0 Å². The summed E-state index contributed by atoms with van der Waals surface area (Å²) in [7, 11) is 0. The summed E-state index contributed by atoms with van der Waals surface area (Å²) in [5.74, 6) is 0.714. The van der Waals surface area contributed by atoms with Crippen LogP contribution in [0.15, 0.2) is 164 Å². The summed E-state index contributed by atoms with van der Waals surface area (Å²) in [4.78, 5) is 10.0. The Hall–Kier alpha value is -6.63. The normalized spacial score (nSPS) is 14.1. The number of hydrogen-bond donors (Lipinski definition) is 0. The quantitative estimate of drug-likeness (QED) is 0.180. The van der Waals surface area contributed by atoms with E-state index in [1.165, 1.54) is 69.0 Å². The Bertz CT molecular complexity index is 2680. The Kier molecular flexibility index (Phi) is 7.77. The van der Waals surface area contributed by atoms with Gasteiger partial charge in [-0.25, -0.2) is 9.97 Å². The molecule has 256 valence electrons. The highest BCUT2D eigenvalue weighted by molar-refractivity contribution is 6.08. The van der Waals surface area contributed by atoms with E-state index in [9.17, 15) is 5.26 Å². The molecule has 8 aromatic rings. The summed E-state index contributed by atoms with van der Waals surface area (Å²) in [5.41, 5.74) is 15.9. The number of nitriles is 1. The zero-order valence-corrected chi connectivity index (χ0v) is 30.0. The van der Waals surface area contributed by atoms with Crippen molar-refractivity contribution in [3.05, 3.63) is 180 Å². The molecular formula is C51H37N3. The summed E-state index contributed by atoms with van der Waals surface area (Å²) in [6.07, 6.45) is 6.08. The molecule has 0 saturated heterocycles. The minimum Gasteiger partial charge on any atom is -0.228 e. The van der Waals surface area contributed by atoms with Gasteiger partial charge in [-0.2, -0.15) is 5.26 Å². The molecule has 10 rings (SSSR count). The SMILES string of the molecule is N#Cc1ccc2c(c1)-c1c(-c3ccc(-c4ccc(-c5cc(-c6ccccc6)nc(-c6ccccc6)n5)cc4)c4ccccc34)cccc1C21CCCCC1. The number of fused-ring (bicyclic) bond motifs is 6. The Balaban J connectivity index is 1.07. The number of aromatic nitrogens is 2. The molecule has 1 saturated carbocycles. The highest BCUT2D eigenvalue weighted by atomic mass is 14.9. The van der Waals surface area contributed by atoms with Crippen LogP contribution in [0.2, 0.25) is 0 Å². The molecule has 7 aromatic carbocycles. The average molecular weight is 692 g/mol. The number of benzene rings is 7. The Morgan fingerprint density at radius 1 is 0.444 bits per heavy atom. The molecule has 54 heavy (non-hydrogen) atoms. The van der Waals surface area contributed by atoms with E-state index in [0.717, 1.165) is 52.0 Å². The first-order valence-corrected chi connectivity index (χ1v) is 19.0. The van der Waals surface area contributed by atoms with Gasteiger partial charge in [-0.05, 0) is 86.3 Å². The molecule has 1 fully saturated rings. The van der Waals surface area contributed by atoms with Gasteiger partial charge in [-0.3, -0.25) is 0 Å². The van der Waals surface area contributed by atoms with Gasteiger partial charge in [-0.1, -0.05) is 165 Å². The lowest BCUT2D eigenvalue weighted by atomic mass is 9.67. The molecule has 0 unspecified atom stereocenters. The first-order valence-electron chi connectivity index (χ1n) is 19.0. The monoisotopic (exact) mass is 691 g/mol. The molecule has 0 amide bonds. The number of nitrogens with zero attached hydrogens (tertiary/aromatic N) is 3. The van der Waals surface area contributed by atoms with Crippen LogP contribution in [-0.2, 0) is 5.41 Å². The maximum absolute atomic E-state index is 9.93. The molecule has 3 heteroatoms. The van der Waals surface area contributed by atoms with Crippen LogP contribution in [0, 0.1) is 11.3 Å². The molecule has 0 N–H and O–H groups in total. The second-order valence-electron chi connectivity index (χ2n) is 14.7. The van der Waals surface area contributed by atoms with E-state index >= 15 is 0 Å². The van der Waals surface area contributed by atoms with Crippen LogP contribution in [0.5, 0.6) is 0 Å². The fraction of sp³-hybridized carbons (Fsp3) is 0.118. The topological polar surface area (TPSA) is 49.6 Å². The van der Waals surface area contributed by atoms with Crippen molar-refractivity contribution in [1.29, 1.82) is 5.26 Å². The molecule has 1 aromatic heterocycles. The summed E-state index contributed by atoms with van der Waals surface area (Å²) < 4.78 is 0. The van der Waals surface area contributed by atoms with E-state index < -0.39 is 0 Å². The predicted octanol–water partition coefficient (Wildman–Crippen LogP) is 13.1. The average Bonchev–Trinajstić information content (AvgIpc) is 3.52. The van der Waals surface area contributed by atoms with Crippen LogP contribution >= 0.6 is 0 Å². The third-order valence-corrected chi connectivity index (χ3v) is 11.8. The molecule has 1 heterocycles. The highest BCUT2D eigenvalue weighted by Crippen LogP contribution is 2.58. The number of rotatable bonds is 5. The summed E-state index contributed by atoms with van der Waals surface area (Å²) >= 11 is 0. The van der Waals surface area contributed by atoms with Gasteiger partial charge in [0.05, 0.1) is 23.0 Å². The van der Waals surface area contributed by atoms with Gasteiger partial charge >= 0.3 is 0 Å². The lowest BCUT2D eigenvalue weighted by molar-refractivity contribution is 0.353. The van der Waals surface area contributed by atoms with Crippen molar-refractivity contribution in [2.24, 2.45) is 0 Å². The van der Waals surface area contributed by atoms with E-state index in [4.69, 9.17) is 9.97 Å². The fourth-order valence-corrected chi connectivity index (χ4v) is 9.22. The number of hydrogen-bond acceptors (Lipinski definition) is 3. The standard InChI is InChI=1S/C51H37N3/c52-33-34-21-28-45-44(31-34)49-43(19-12-20-46(49)51(45)29-10-3-11-30-51)42-27-26-39(40-17-8-9-18-41(40)42)35-22-24-37(25-23-35)48-32-47(36-13-4-1-5-14-36)53-50(54-48)38-15-6-2-7-16-38/h1-2,4-9,12-28,31-32H,3,10-11,29-30H2. The second kappa shape index (κ2) is 13.1. The molecule has 1 spiro atoms. The maximum atomic E-state index is 9.93. The van der Waals surface area contributed by atoms with E-state index in [-0.39, 0.29) is 5.41 Å². The third-order valence-electron chi connectivity index (χ3n) is 11.8. The Labute approximate surface area is 316 Å². The molecule has 2 aliphatic carbocycles. The van der Waals surface area contributed by atoms with Crippen molar-refractivity contribution >= 4 is 10.8 Å². The van der Waals surface area contributed by atoms with Gasteiger partial charge in [0.2, 0.25) is 0 Å². The van der Waals surface area contributed by atoms with Crippen molar-refractivity contribution in [1.82, 2.24) is 9.97 Å². The van der Waals surface area contributed by atoms with Gasteiger partial charge < -0.3 is 0 Å². The molecule has 2 aliphatic rings. The Morgan fingerprint density at radius 3 is 1.76 bits per heavy atom. The largest absolute Gasteiger partial charge is 0.228 e. The zero-order chi connectivity index (χ0) is 36.1. The predicted molar refractivity (Wildman–Crippen MR) is 221 cm³/mol. The van der Waals surface area contributed by atoms with Crippen LogP contribution in [0.4, 0.5) is 0 Å². The molecule has 0 radical (unpaired) electrons. The molecular weight excluding hydrogens is 655 g/mol. The third kappa shape index (κ3) is 5.26. The van der Waals surface area contributed by atoms with Gasteiger partial charge in [-0.15, -0.1) is 0 Å². The summed E-state index contributed by atoms with van der Waals surface area (Å²) in [6.45, 7) is 0. The summed E-state index contributed by atoms with van der Waals surface area (Å²) in [6, 6.07) is 60.5. The van der Waals surface area contributed by atoms with Gasteiger partial charge in [0, 0.05) is 22.1 Å². The van der Waals surface area contributed by atoms with E-state index in [2.05, 4.69) is 127 Å². The summed E-state index contributed by atoms with van der Waals surface area (Å²) in [5, 5.41) is 12.4. The maximum Gasteiger partial charge on any atom is 0.160 e. The Morgan fingerprint density at radius 2 is 1.06 bits per heavy atom. The lowest BCUT2D eigenvalue weighted by Gasteiger charge is -2.36. The van der Waals surface area contributed by atoms with Crippen LogP contribution in [-0.4, -0.2) is 9.97 Å². The van der Waals surface area contributed by atoms with Gasteiger partial charge in [0.1, 0.15) is 0 Å². The van der Waals surface area contributed by atoms with Crippen molar-refractivity contribution in [3.8, 4) is 73.4 Å². The minimum atomic E-state index is 0.0256. The van der Waals surface area contributed by atoms with E-state index in [1.807, 2.05) is 42.5 Å². The first kappa shape index (κ1) is 32.1. The smallest absolute Gasteiger partial charge is 0.160 e. The highest BCUT2D eigenvalue weighted by Gasteiger charge is 2.44. The fourth-order valence-electron chi connectivity index (χ4n) is 9.22. The van der Waals surface area contributed by atoms with Crippen molar-refractivity contribution < 1.29 is 0 Å². The first-order chi connectivity index (χ1) is 26.7.